The predicted octanol–water partition coefficient (Wildman–Crippen LogP) is 2.01. The molecule has 156 valence electrons. The van der Waals surface area contributed by atoms with E-state index in [1.807, 2.05) is 0 Å². The average Bonchev–Trinajstić information content (AvgIpc) is 2.92. The van der Waals surface area contributed by atoms with Crippen LogP contribution in [0.4, 0.5) is 5.82 Å². The first-order valence-corrected chi connectivity index (χ1v) is 9.36. The van der Waals surface area contributed by atoms with Crippen LogP contribution in [0.3, 0.4) is 0 Å². The van der Waals surface area contributed by atoms with Crippen molar-refractivity contribution < 1.29 is 23.8 Å². The van der Waals surface area contributed by atoms with Gasteiger partial charge < -0.3 is 19.9 Å². The van der Waals surface area contributed by atoms with Gasteiger partial charge in [-0.15, -0.1) is 0 Å². The van der Waals surface area contributed by atoms with Gasteiger partial charge in [0.25, 0.3) is 5.79 Å². The molecule has 2 heterocycles. The van der Waals surface area contributed by atoms with Gasteiger partial charge in [-0.25, -0.2) is 4.79 Å². The molecule has 1 aliphatic heterocycles. The monoisotopic (exact) mass is 395 g/mol. The minimum atomic E-state index is -1.50. The Labute approximate surface area is 164 Å². The molecular formula is C19H29N3O6. The largest absolute Gasteiger partial charge is 0.455 e. The van der Waals surface area contributed by atoms with Gasteiger partial charge in [0, 0.05) is 19.0 Å². The summed E-state index contributed by atoms with van der Waals surface area (Å²) in [5.41, 5.74) is 4.16. The van der Waals surface area contributed by atoms with Crippen LogP contribution in [0.25, 0.3) is 0 Å². The Kier molecular flexibility index (Phi) is 6.18. The zero-order valence-corrected chi connectivity index (χ0v) is 17.2. The number of nitrogens with two attached hydrogens (primary N) is 1. The van der Waals surface area contributed by atoms with Gasteiger partial charge >= 0.3 is 17.6 Å². The van der Waals surface area contributed by atoms with Crippen LogP contribution in [-0.4, -0.2) is 33.4 Å². The predicted molar refractivity (Wildman–Crippen MR) is 101 cm³/mol. The summed E-state index contributed by atoms with van der Waals surface area (Å²) < 4.78 is 18.6. The molecule has 1 fully saturated rings. The normalized spacial score (nSPS) is 25.0. The average molecular weight is 395 g/mol. The van der Waals surface area contributed by atoms with Gasteiger partial charge in [-0.05, 0) is 26.8 Å². The molecule has 0 spiro atoms. The van der Waals surface area contributed by atoms with E-state index >= 15 is 0 Å². The maximum atomic E-state index is 12.6. The highest BCUT2D eigenvalue weighted by Gasteiger charge is 2.55. The van der Waals surface area contributed by atoms with E-state index in [0.717, 1.165) is 0 Å². The molecule has 2 N–H and O–H groups in total. The molecule has 0 bridgehead atoms. The number of carbonyl (C=O) groups excluding carboxylic acids is 2. The molecule has 0 saturated carbocycles. The van der Waals surface area contributed by atoms with E-state index in [-0.39, 0.29) is 24.6 Å². The zero-order valence-electron chi connectivity index (χ0n) is 17.2. The molecule has 28 heavy (non-hydrogen) atoms. The number of nitrogen functional groups attached to an aromatic ring is 1. The molecule has 1 saturated heterocycles. The molecule has 0 aliphatic carbocycles. The fraction of sp³-hybridized carbons (Fsp3) is 0.684. The van der Waals surface area contributed by atoms with E-state index < -0.39 is 41.2 Å². The first-order chi connectivity index (χ1) is 12.9. The highest BCUT2D eigenvalue weighted by Crippen LogP contribution is 2.42. The third-order valence-corrected chi connectivity index (χ3v) is 4.50. The zero-order chi connectivity index (χ0) is 21.3. The molecule has 9 nitrogen and oxygen atoms in total. The van der Waals surface area contributed by atoms with Crippen LogP contribution < -0.4 is 11.4 Å². The fourth-order valence-corrected chi connectivity index (χ4v) is 2.73. The Morgan fingerprint density at radius 3 is 2.57 bits per heavy atom. The Balaban J connectivity index is 2.41. The first kappa shape index (κ1) is 21.9. The molecule has 0 aromatic carbocycles. The van der Waals surface area contributed by atoms with Crippen molar-refractivity contribution in [2.75, 3.05) is 5.73 Å². The Hall–Kier alpha value is -2.42. The highest BCUT2D eigenvalue weighted by atomic mass is 16.8. The maximum absolute atomic E-state index is 12.6. The van der Waals surface area contributed by atoms with Crippen LogP contribution >= 0.6 is 0 Å². The minimum Gasteiger partial charge on any atom is -0.455 e. The Morgan fingerprint density at radius 1 is 1.43 bits per heavy atom. The molecular weight excluding hydrogens is 366 g/mol. The lowest BCUT2D eigenvalue weighted by Crippen LogP contribution is -2.48. The van der Waals surface area contributed by atoms with Gasteiger partial charge in [-0.3, -0.25) is 14.2 Å². The summed E-state index contributed by atoms with van der Waals surface area (Å²) in [4.78, 5) is 40.7. The van der Waals surface area contributed by atoms with Crippen LogP contribution in [0, 0.1) is 11.3 Å². The molecule has 3 atom stereocenters. The van der Waals surface area contributed by atoms with Crippen LogP contribution in [0.1, 0.15) is 60.6 Å². The number of nitrogens with zero attached hydrogens (tertiary/aromatic N) is 2. The molecule has 0 unspecified atom stereocenters. The lowest BCUT2D eigenvalue weighted by atomic mass is 9.96. The fourth-order valence-electron chi connectivity index (χ4n) is 2.73. The third-order valence-electron chi connectivity index (χ3n) is 4.50. The molecule has 0 radical (unpaired) electrons. The Morgan fingerprint density at radius 2 is 2.07 bits per heavy atom. The van der Waals surface area contributed by atoms with Gasteiger partial charge in [-0.2, -0.15) is 4.98 Å². The van der Waals surface area contributed by atoms with Gasteiger partial charge in [-0.1, -0.05) is 20.8 Å². The molecule has 1 aliphatic rings. The van der Waals surface area contributed by atoms with Gasteiger partial charge in [0.2, 0.25) is 0 Å². The summed E-state index contributed by atoms with van der Waals surface area (Å²) in [5.74, 6) is -2.72. The maximum Gasteiger partial charge on any atom is 0.351 e. The van der Waals surface area contributed by atoms with Gasteiger partial charge in [0.15, 0.2) is 6.10 Å². The van der Waals surface area contributed by atoms with Crippen molar-refractivity contribution >= 4 is 17.8 Å². The molecule has 2 rings (SSSR count). The van der Waals surface area contributed by atoms with E-state index in [2.05, 4.69) is 4.98 Å². The van der Waals surface area contributed by atoms with E-state index in [1.54, 1.807) is 41.5 Å². The van der Waals surface area contributed by atoms with Crippen molar-refractivity contribution in [1.29, 1.82) is 0 Å². The standard InChI is InChI=1S/C19H29N3O6/c1-7-19(28-16(24)18(4,5)6)12(26-15(23)11(2)3)10-14(27-19)22-9-8-13(20)21-17(22)25/h8-9,11-12,14H,7,10H2,1-6H3,(H2,20,21,25)/t12-,14+,19+/m0/s1. The van der Waals surface area contributed by atoms with Crippen LogP contribution in [-0.2, 0) is 23.8 Å². The smallest absolute Gasteiger partial charge is 0.351 e. The number of esters is 2. The second-order valence-corrected chi connectivity index (χ2v) is 8.24. The summed E-state index contributed by atoms with van der Waals surface area (Å²) in [5, 5.41) is 0. The number of aromatic nitrogens is 2. The van der Waals surface area contributed by atoms with Crippen LogP contribution in [0.15, 0.2) is 17.1 Å². The molecule has 0 amide bonds. The minimum absolute atomic E-state index is 0.0861. The number of anilines is 1. The van der Waals surface area contributed by atoms with Crippen molar-refractivity contribution in [3.05, 3.63) is 22.7 Å². The molecule has 1 aromatic rings. The quantitative estimate of drug-likeness (QED) is 0.751. The van der Waals surface area contributed by atoms with E-state index in [9.17, 15) is 14.4 Å². The third kappa shape index (κ3) is 4.52. The van der Waals surface area contributed by atoms with Crippen molar-refractivity contribution in [2.45, 2.75) is 72.5 Å². The number of carbonyl (C=O) groups is 2. The van der Waals surface area contributed by atoms with E-state index in [1.165, 1.54) is 16.8 Å². The Bertz CT molecular complexity index is 798. The second-order valence-electron chi connectivity index (χ2n) is 8.24. The summed E-state index contributed by atoms with van der Waals surface area (Å²) in [6.45, 7) is 10.3. The van der Waals surface area contributed by atoms with Crippen molar-refractivity contribution in [2.24, 2.45) is 11.3 Å². The summed E-state index contributed by atoms with van der Waals surface area (Å²) in [6.07, 6.45) is 0.133. The molecule has 9 heteroatoms. The lowest BCUT2D eigenvalue weighted by Gasteiger charge is -2.34. The van der Waals surface area contributed by atoms with Crippen LogP contribution in [0.2, 0.25) is 0 Å². The number of ether oxygens (including phenoxy) is 3. The number of rotatable bonds is 5. The lowest BCUT2D eigenvalue weighted by molar-refractivity contribution is -0.266. The second kappa shape index (κ2) is 7.90. The highest BCUT2D eigenvalue weighted by molar-refractivity contribution is 5.76. The van der Waals surface area contributed by atoms with Gasteiger partial charge in [0.1, 0.15) is 12.0 Å². The van der Waals surface area contributed by atoms with Crippen molar-refractivity contribution in [3.63, 3.8) is 0 Å². The van der Waals surface area contributed by atoms with Crippen LogP contribution in [0.5, 0.6) is 0 Å². The van der Waals surface area contributed by atoms with Crippen molar-refractivity contribution in [1.82, 2.24) is 9.55 Å². The van der Waals surface area contributed by atoms with E-state index in [4.69, 9.17) is 19.9 Å². The summed E-state index contributed by atoms with van der Waals surface area (Å²) in [6, 6.07) is 1.47. The SMILES string of the molecule is CC[C@]1(OC(=O)C(C)(C)C)O[C@@H](n2ccc(N)nc2=O)C[C@@H]1OC(=O)C(C)C. The molecule has 1 aromatic heterocycles. The summed E-state index contributed by atoms with van der Waals surface area (Å²) >= 11 is 0. The summed E-state index contributed by atoms with van der Waals surface area (Å²) in [7, 11) is 0. The van der Waals surface area contributed by atoms with Gasteiger partial charge in [0.05, 0.1) is 11.3 Å². The van der Waals surface area contributed by atoms with E-state index in [0.29, 0.717) is 0 Å². The number of hydrogen-bond donors (Lipinski definition) is 1. The first-order valence-electron chi connectivity index (χ1n) is 9.36. The van der Waals surface area contributed by atoms with Crippen molar-refractivity contribution in [3.8, 4) is 0 Å². The topological polar surface area (TPSA) is 123 Å². The number of hydrogen-bond acceptors (Lipinski definition) is 8.